The Kier molecular flexibility index (Phi) is 5.81. The summed E-state index contributed by atoms with van der Waals surface area (Å²) in [5.41, 5.74) is 2.07. The highest BCUT2D eigenvalue weighted by molar-refractivity contribution is 7.13. The molecule has 3 rings (SSSR count). The summed E-state index contributed by atoms with van der Waals surface area (Å²) < 4.78 is 0. The number of thiazole rings is 1. The molecular weight excluding hydrogens is 336 g/mol. The van der Waals surface area contributed by atoms with Crippen LogP contribution in [0.4, 0.5) is 0 Å². The number of nitrogens with one attached hydrogen (secondary N) is 1. The number of hydrogen-bond donors (Lipinski definition) is 2. The lowest BCUT2D eigenvalue weighted by Crippen LogP contribution is -2.36. The molecule has 1 aromatic carbocycles. The van der Waals surface area contributed by atoms with Gasteiger partial charge in [0.15, 0.2) is 0 Å². The fraction of sp³-hybridized carbons (Fsp3) is 0.421. The molecule has 2 N–H and O–H groups in total. The number of nitrogens with zero attached hydrogens (tertiary/aromatic N) is 1. The molecular formula is C19H22N2O3S. The number of benzene rings is 1. The molecule has 1 aromatic heterocycles. The second kappa shape index (κ2) is 8.25. The molecule has 2 atom stereocenters. The van der Waals surface area contributed by atoms with Crippen molar-refractivity contribution >= 4 is 23.2 Å². The smallest absolute Gasteiger partial charge is 0.306 e. The summed E-state index contributed by atoms with van der Waals surface area (Å²) >= 11 is 1.60. The Labute approximate surface area is 151 Å². The van der Waals surface area contributed by atoms with Gasteiger partial charge in [-0.3, -0.25) is 9.59 Å². The van der Waals surface area contributed by atoms with Crippen molar-refractivity contribution in [3.63, 3.8) is 0 Å². The Morgan fingerprint density at radius 3 is 2.72 bits per heavy atom. The summed E-state index contributed by atoms with van der Waals surface area (Å²) in [4.78, 5) is 28.0. The van der Waals surface area contributed by atoms with Gasteiger partial charge in [-0.2, -0.15) is 0 Å². The third-order valence-corrected chi connectivity index (χ3v) is 5.59. The maximum atomic E-state index is 12.3. The SMILES string of the molecule is O=C(O)C1CCCC(C(=O)NCCc2csc(-c3ccccc3)n2)C1. The van der Waals surface area contributed by atoms with Gasteiger partial charge in [0.1, 0.15) is 5.01 Å². The van der Waals surface area contributed by atoms with E-state index in [0.717, 1.165) is 29.1 Å². The lowest BCUT2D eigenvalue weighted by molar-refractivity contribution is -0.144. The molecule has 0 radical (unpaired) electrons. The van der Waals surface area contributed by atoms with Crippen molar-refractivity contribution in [1.29, 1.82) is 0 Å². The Morgan fingerprint density at radius 1 is 1.20 bits per heavy atom. The largest absolute Gasteiger partial charge is 0.481 e. The van der Waals surface area contributed by atoms with Gasteiger partial charge in [-0.25, -0.2) is 4.98 Å². The third kappa shape index (κ3) is 4.66. The van der Waals surface area contributed by atoms with Crippen LogP contribution in [0, 0.1) is 11.8 Å². The number of carboxylic acids is 1. The van der Waals surface area contributed by atoms with Gasteiger partial charge in [-0.15, -0.1) is 11.3 Å². The molecule has 2 unspecified atom stereocenters. The van der Waals surface area contributed by atoms with Crippen LogP contribution in [0.15, 0.2) is 35.7 Å². The molecule has 0 saturated heterocycles. The van der Waals surface area contributed by atoms with Gasteiger partial charge < -0.3 is 10.4 Å². The molecule has 1 aliphatic rings. The molecule has 25 heavy (non-hydrogen) atoms. The van der Waals surface area contributed by atoms with Gasteiger partial charge in [0.25, 0.3) is 0 Å². The average molecular weight is 358 g/mol. The van der Waals surface area contributed by atoms with Crippen LogP contribution >= 0.6 is 11.3 Å². The number of carbonyl (C=O) groups excluding carboxylic acids is 1. The zero-order valence-electron chi connectivity index (χ0n) is 14.0. The topological polar surface area (TPSA) is 79.3 Å². The van der Waals surface area contributed by atoms with Gasteiger partial charge in [0.05, 0.1) is 11.6 Å². The summed E-state index contributed by atoms with van der Waals surface area (Å²) in [6, 6.07) is 10.0. The minimum atomic E-state index is -0.784. The van der Waals surface area contributed by atoms with Crippen LogP contribution < -0.4 is 5.32 Å². The van der Waals surface area contributed by atoms with E-state index >= 15 is 0 Å². The predicted octanol–water partition coefficient (Wildman–Crippen LogP) is 3.36. The second-order valence-electron chi connectivity index (χ2n) is 6.45. The average Bonchev–Trinajstić information content (AvgIpc) is 3.11. The first kappa shape index (κ1) is 17.6. The Bertz CT molecular complexity index is 729. The first-order valence-electron chi connectivity index (χ1n) is 8.64. The van der Waals surface area contributed by atoms with Crippen LogP contribution in [0.1, 0.15) is 31.4 Å². The van der Waals surface area contributed by atoms with E-state index in [0.29, 0.717) is 25.8 Å². The zero-order chi connectivity index (χ0) is 17.6. The maximum Gasteiger partial charge on any atom is 0.306 e. The number of aromatic nitrogens is 1. The molecule has 0 spiro atoms. The molecule has 6 heteroatoms. The van der Waals surface area contributed by atoms with Crippen LogP contribution in [-0.4, -0.2) is 28.5 Å². The summed E-state index contributed by atoms with van der Waals surface area (Å²) in [5.74, 6) is -1.36. The van der Waals surface area contributed by atoms with Gasteiger partial charge in [-0.05, 0) is 19.3 Å². The first-order chi connectivity index (χ1) is 12.1. The van der Waals surface area contributed by atoms with E-state index in [4.69, 9.17) is 5.11 Å². The molecule has 1 heterocycles. The van der Waals surface area contributed by atoms with E-state index in [-0.39, 0.29) is 17.7 Å². The lowest BCUT2D eigenvalue weighted by atomic mass is 9.81. The van der Waals surface area contributed by atoms with Crippen molar-refractivity contribution in [2.75, 3.05) is 6.54 Å². The fourth-order valence-corrected chi connectivity index (χ4v) is 4.11. The highest BCUT2D eigenvalue weighted by atomic mass is 32.1. The third-order valence-electron chi connectivity index (χ3n) is 4.65. The van der Waals surface area contributed by atoms with Crippen molar-refractivity contribution < 1.29 is 14.7 Å². The quantitative estimate of drug-likeness (QED) is 0.830. The van der Waals surface area contributed by atoms with Crippen molar-refractivity contribution in [3.05, 3.63) is 41.4 Å². The number of hydrogen-bond acceptors (Lipinski definition) is 4. The van der Waals surface area contributed by atoms with E-state index < -0.39 is 5.97 Å². The lowest BCUT2D eigenvalue weighted by Gasteiger charge is -2.25. The second-order valence-corrected chi connectivity index (χ2v) is 7.31. The number of carbonyl (C=O) groups is 2. The summed E-state index contributed by atoms with van der Waals surface area (Å²) in [6.07, 6.45) is 3.41. The van der Waals surface area contributed by atoms with E-state index in [1.807, 2.05) is 35.7 Å². The normalized spacial score (nSPS) is 20.2. The monoisotopic (exact) mass is 358 g/mol. The molecule has 5 nitrogen and oxygen atoms in total. The van der Waals surface area contributed by atoms with Gasteiger partial charge in [0.2, 0.25) is 5.91 Å². The molecule has 2 aromatic rings. The Hall–Kier alpha value is -2.21. The number of carboxylic acid groups (broad SMARTS) is 1. The van der Waals surface area contributed by atoms with Crippen LogP contribution in [0.3, 0.4) is 0 Å². The maximum absolute atomic E-state index is 12.3. The summed E-state index contributed by atoms with van der Waals surface area (Å²) in [6.45, 7) is 0.533. The molecule has 1 saturated carbocycles. The zero-order valence-corrected chi connectivity index (χ0v) is 14.8. The van der Waals surface area contributed by atoms with Gasteiger partial charge in [-0.1, -0.05) is 36.8 Å². The first-order valence-corrected chi connectivity index (χ1v) is 9.52. The molecule has 132 valence electrons. The van der Waals surface area contributed by atoms with Gasteiger partial charge in [0, 0.05) is 29.8 Å². The molecule has 1 aliphatic carbocycles. The molecule has 0 aliphatic heterocycles. The minimum Gasteiger partial charge on any atom is -0.481 e. The fourth-order valence-electron chi connectivity index (χ4n) is 3.25. The highest BCUT2D eigenvalue weighted by Crippen LogP contribution is 2.29. The van der Waals surface area contributed by atoms with Crippen molar-refractivity contribution in [1.82, 2.24) is 10.3 Å². The van der Waals surface area contributed by atoms with Crippen LogP contribution in [0.25, 0.3) is 10.6 Å². The van der Waals surface area contributed by atoms with Crippen molar-refractivity contribution in [2.45, 2.75) is 32.1 Å². The van der Waals surface area contributed by atoms with Crippen LogP contribution in [0.5, 0.6) is 0 Å². The molecule has 0 bridgehead atoms. The van der Waals surface area contributed by atoms with Crippen LogP contribution in [0.2, 0.25) is 0 Å². The predicted molar refractivity (Wildman–Crippen MR) is 97.3 cm³/mol. The van der Waals surface area contributed by atoms with Crippen LogP contribution in [-0.2, 0) is 16.0 Å². The number of rotatable bonds is 6. The Balaban J connectivity index is 1.47. The van der Waals surface area contributed by atoms with E-state index in [9.17, 15) is 9.59 Å². The van der Waals surface area contributed by atoms with E-state index in [2.05, 4.69) is 10.3 Å². The molecule has 1 fully saturated rings. The molecule has 1 amide bonds. The standard InChI is InChI=1S/C19H22N2O3S/c22-17(14-7-4-8-15(11-14)19(23)24)20-10-9-16-12-25-18(21-16)13-5-2-1-3-6-13/h1-3,5-6,12,14-15H,4,7-11H2,(H,20,22)(H,23,24). The van der Waals surface area contributed by atoms with Gasteiger partial charge >= 0.3 is 5.97 Å². The number of aliphatic carboxylic acids is 1. The number of amides is 1. The summed E-state index contributed by atoms with van der Waals surface area (Å²) in [7, 11) is 0. The van der Waals surface area contributed by atoms with E-state index in [1.165, 1.54) is 0 Å². The highest BCUT2D eigenvalue weighted by Gasteiger charge is 2.30. The van der Waals surface area contributed by atoms with Crippen molar-refractivity contribution in [2.24, 2.45) is 11.8 Å². The summed E-state index contributed by atoms with van der Waals surface area (Å²) in [5, 5.41) is 15.1. The Morgan fingerprint density at radius 2 is 1.96 bits per heavy atom. The van der Waals surface area contributed by atoms with E-state index in [1.54, 1.807) is 11.3 Å². The minimum absolute atomic E-state index is 0.0236. The van der Waals surface area contributed by atoms with Crippen molar-refractivity contribution in [3.8, 4) is 10.6 Å².